The van der Waals surface area contributed by atoms with Gasteiger partial charge in [-0.3, -0.25) is 62.3 Å². The number of nitrogens with two attached hydrogens (primary N) is 1. The van der Waals surface area contributed by atoms with Gasteiger partial charge in [0.25, 0.3) is 5.91 Å². The molecule has 111 heavy (non-hydrogen) atoms. The smallest absolute Gasteiger partial charge is 0.329 e. The quantitative estimate of drug-likeness (QED) is 0.0352. The Labute approximate surface area is 655 Å². The van der Waals surface area contributed by atoms with Gasteiger partial charge in [0.15, 0.2) is 0 Å². The summed E-state index contributed by atoms with van der Waals surface area (Å²) in [5.74, 6) is -15.5. The van der Waals surface area contributed by atoms with Crippen LogP contribution in [0.4, 0.5) is 0 Å². The van der Waals surface area contributed by atoms with Crippen LogP contribution < -0.4 is 69.5 Å². The van der Waals surface area contributed by atoms with Crippen molar-refractivity contribution in [2.24, 2.45) is 53.1 Å². The Bertz CT molecular complexity index is 3520. The summed E-state index contributed by atoms with van der Waals surface area (Å²) < 4.78 is 6.00. The van der Waals surface area contributed by atoms with Crippen LogP contribution in [0.2, 0.25) is 0 Å². The topological polar surface area (TPSA) is 442 Å². The molecule has 618 valence electrons. The van der Waals surface area contributed by atoms with Crippen molar-refractivity contribution < 1.29 is 77.0 Å². The average molecular weight is 1550 g/mol. The van der Waals surface area contributed by atoms with Gasteiger partial charge in [0, 0.05) is 12.8 Å². The number of nitrogens with zero attached hydrogens (tertiary/aromatic N) is 1. The molecule has 2 fully saturated rings. The first-order chi connectivity index (χ1) is 52.3. The summed E-state index contributed by atoms with van der Waals surface area (Å²) in [5.41, 5.74) is 7.07. The number of aliphatic hydroxyl groups is 1. The summed E-state index contributed by atoms with van der Waals surface area (Å²) in [7, 11) is 0. The third-order valence-electron chi connectivity index (χ3n) is 20.9. The molecular weight excluding hydrogens is 1420 g/mol. The van der Waals surface area contributed by atoms with Crippen LogP contribution in [0.3, 0.4) is 0 Å². The van der Waals surface area contributed by atoms with Crippen LogP contribution in [0.5, 0.6) is 0 Å². The van der Waals surface area contributed by atoms with Gasteiger partial charge in [0.2, 0.25) is 70.9 Å². The first kappa shape index (κ1) is 94.1. The normalized spacial score (nSPS) is 22.9. The van der Waals surface area contributed by atoms with E-state index in [2.05, 4.69) is 63.8 Å². The van der Waals surface area contributed by atoms with Gasteiger partial charge in [-0.25, -0.2) is 4.79 Å². The number of aliphatic hydroxyl groups excluding tert-OH is 1. The molecule has 15 N–H and O–H groups in total. The highest BCUT2D eigenvalue weighted by Gasteiger charge is 2.48. The van der Waals surface area contributed by atoms with Gasteiger partial charge in [0.05, 0.1) is 12.1 Å². The van der Waals surface area contributed by atoms with E-state index in [0.717, 1.165) is 6.42 Å². The maximum atomic E-state index is 15.5. The second-order valence-corrected chi connectivity index (χ2v) is 31.5. The van der Waals surface area contributed by atoms with Crippen LogP contribution in [0.15, 0.2) is 72.4 Å². The number of ether oxygens (including phenoxy) is 1. The van der Waals surface area contributed by atoms with E-state index in [0.29, 0.717) is 24.0 Å². The third-order valence-corrected chi connectivity index (χ3v) is 20.9. The average Bonchev–Trinajstić information content (AvgIpc) is 1.66. The van der Waals surface area contributed by atoms with Crippen LogP contribution in [0.25, 0.3) is 0 Å². The number of carbonyl (C=O) groups is 14. The molecule has 0 spiro atoms. The number of carbonyl (C=O) groups excluding carboxylic acids is 14. The number of nitrogens with one attached hydrogen (secondary N) is 12. The Hall–Kier alpha value is -9.32. The van der Waals surface area contributed by atoms with Crippen molar-refractivity contribution in [3.05, 3.63) is 83.6 Å². The van der Waals surface area contributed by atoms with Crippen molar-refractivity contribution in [1.29, 1.82) is 0 Å². The molecule has 30 heteroatoms. The molecule has 18 atom stereocenters. The van der Waals surface area contributed by atoms with Crippen LogP contribution in [0.1, 0.15) is 207 Å². The van der Waals surface area contributed by atoms with Crippen LogP contribution in [-0.2, 0) is 78.3 Å². The fourth-order valence-electron chi connectivity index (χ4n) is 13.1. The molecule has 13 amide bonds. The first-order valence-electron chi connectivity index (χ1n) is 39.6. The van der Waals surface area contributed by atoms with E-state index in [1.165, 1.54) is 31.7 Å². The van der Waals surface area contributed by atoms with E-state index in [-0.39, 0.29) is 69.0 Å². The molecule has 0 saturated carbocycles. The highest BCUT2D eigenvalue weighted by Crippen LogP contribution is 2.38. The molecule has 0 unspecified atom stereocenters. The lowest BCUT2D eigenvalue weighted by Crippen LogP contribution is -2.64. The molecule has 2 aliphatic rings. The summed E-state index contributed by atoms with van der Waals surface area (Å²) in [6.45, 7) is 31.7. The summed E-state index contributed by atoms with van der Waals surface area (Å²) in [4.78, 5) is 205. The van der Waals surface area contributed by atoms with Gasteiger partial charge in [-0.2, -0.15) is 0 Å². The van der Waals surface area contributed by atoms with E-state index < -0.39 is 209 Å². The minimum atomic E-state index is -1.84. The number of benzene rings is 2. The summed E-state index contributed by atoms with van der Waals surface area (Å²) in [5, 5.41) is 43.6. The predicted octanol–water partition coefficient (Wildman–Crippen LogP) is 3.58. The van der Waals surface area contributed by atoms with Crippen molar-refractivity contribution >= 4 is 82.8 Å². The van der Waals surface area contributed by atoms with Gasteiger partial charge in [0.1, 0.15) is 84.3 Å². The van der Waals surface area contributed by atoms with Crippen LogP contribution >= 0.6 is 0 Å². The van der Waals surface area contributed by atoms with Crippen molar-refractivity contribution in [3.8, 4) is 0 Å². The lowest BCUT2D eigenvalue weighted by molar-refractivity contribution is -0.157. The Kier molecular flexibility index (Phi) is 38.3. The fraction of sp³-hybridized carbons (Fsp3) is 0.654. The number of cyclic esters (lactones) is 1. The zero-order valence-electron chi connectivity index (χ0n) is 68.5. The van der Waals surface area contributed by atoms with Gasteiger partial charge in [-0.15, -0.1) is 0 Å². The molecule has 2 aliphatic heterocycles. The molecule has 4 rings (SSSR count). The van der Waals surface area contributed by atoms with Crippen molar-refractivity contribution in [2.45, 2.75) is 287 Å². The fourth-order valence-corrected chi connectivity index (χ4v) is 13.1. The maximum Gasteiger partial charge on any atom is 0.329 e. The minimum Gasteiger partial charge on any atom is -0.458 e. The van der Waals surface area contributed by atoms with Gasteiger partial charge < -0.3 is 84.3 Å². The Morgan fingerprint density at radius 1 is 0.577 bits per heavy atom. The second kappa shape index (κ2) is 45.3. The maximum absolute atomic E-state index is 15.5. The standard InChI is InChI=1S/C81H128N14O16/c1-20-47(15)36-39-59(97)86-60(42(5)6)74(103)93-67(50(18)96)78(107)88-62(44(9)10)75(104)89-63(45(11)12)80(109)95-57(53-33-28-25-29-34-53)37-38-58(95)72(101)84-55(35-30-40-82)70(99)91-65(48(16)21-2)77(106)94-68-51(19)111-81(110)64(46(13)14)90-69(98)54(23-4)83-71(100)56(41-52-31-26-24-27-32-52)85-73(102)61(43(7)8)87-76(105)66(49(17)22-3)92-79(68)108/h23-29,31-34,42-51,55-58,60-68,96H,20-22,30,35-41,82H2,1-19H3,(H,83,100)(H,84,101)(H,85,102)(H,86,97)(H,87,105)(H,88,107)(H,89,104)(H,90,98)(H,91,99)(H,92,108)(H,93,103)(H,94,106)/b54-23-/t47-,48+,49+,50+,51-,55-,56-,57+,58-,60+,61+,62-,63+,64-,65+,66+,67-,68+/m0/s1. The molecule has 2 saturated heterocycles. The lowest BCUT2D eigenvalue weighted by Gasteiger charge is -2.36. The molecule has 30 nitrogen and oxygen atoms in total. The zero-order chi connectivity index (χ0) is 83.4. The summed E-state index contributed by atoms with van der Waals surface area (Å²) in [6, 6.07) is 0.111. The number of rotatable bonds is 34. The van der Waals surface area contributed by atoms with E-state index in [1.54, 1.807) is 158 Å². The molecule has 2 aromatic carbocycles. The van der Waals surface area contributed by atoms with E-state index >= 15 is 24.0 Å². The number of hydrogen-bond donors (Lipinski definition) is 14. The van der Waals surface area contributed by atoms with E-state index in [9.17, 15) is 48.3 Å². The molecule has 0 aromatic heterocycles. The molecule has 2 heterocycles. The number of likely N-dealkylation sites (tertiary alicyclic amines) is 1. The van der Waals surface area contributed by atoms with Crippen molar-refractivity contribution in [3.63, 3.8) is 0 Å². The highest BCUT2D eigenvalue weighted by molar-refractivity contribution is 6.03. The molecule has 0 aliphatic carbocycles. The molecule has 0 radical (unpaired) electrons. The van der Waals surface area contributed by atoms with E-state index in [1.807, 2.05) is 13.8 Å². The largest absolute Gasteiger partial charge is 0.458 e. The van der Waals surface area contributed by atoms with Crippen LogP contribution in [0, 0.1) is 47.3 Å². The number of amides is 13. The number of hydrogen-bond acceptors (Lipinski definition) is 17. The second-order valence-electron chi connectivity index (χ2n) is 31.5. The predicted molar refractivity (Wildman–Crippen MR) is 420 cm³/mol. The number of esters is 1. The van der Waals surface area contributed by atoms with Crippen LogP contribution in [-0.4, -0.2) is 184 Å². The highest BCUT2D eigenvalue weighted by atomic mass is 16.5. The minimum absolute atomic E-state index is 0.0395. The Morgan fingerprint density at radius 2 is 1.11 bits per heavy atom. The van der Waals surface area contributed by atoms with Crippen molar-refractivity contribution in [2.75, 3.05) is 6.54 Å². The third kappa shape index (κ3) is 27.5. The summed E-state index contributed by atoms with van der Waals surface area (Å²) >= 11 is 0. The first-order valence-corrected chi connectivity index (χ1v) is 39.6. The number of allylic oxidation sites excluding steroid dienone is 1. The zero-order valence-corrected chi connectivity index (χ0v) is 68.5. The van der Waals surface area contributed by atoms with Gasteiger partial charge in [-0.1, -0.05) is 197 Å². The monoisotopic (exact) mass is 1550 g/mol. The molecule has 2 aromatic rings. The summed E-state index contributed by atoms with van der Waals surface area (Å²) in [6.07, 6.45) is 0.798. The SMILES string of the molecule is C/C=C1\NC(=O)[C@H](Cc2ccccc2)NC(=O)[C@@H](C(C)C)NC(=O)[C@@H]([C@H](C)CC)NC(=O)[C@H](NC(=O)[C@H](NC(=O)[C@H](CCCN)NC(=O)[C@@H]2CC[C@H](c3ccccc3)N2C(=O)[C@H](NC(=O)[C@@H](NC(=O)[C@@H](NC(=O)[C@H](NC(=O)CC[C@@H](C)CC)C(C)C)[C@@H](C)O)C(C)C)C(C)C)[C@H](C)CC)[C@H](C)OC(=O)[C@H](C(C)C)NC1=O. The van der Waals surface area contributed by atoms with Gasteiger partial charge >= 0.3 is 5.97 Å². The lowest BCUT2D eigenvalue weighted by atomic mass is 9.95. The Balaban J connectivity index is 1.73. The van der Waals surface area contributed by atoms with Crippen molar-refractivity contribution in [1.82, 2.24) is 68.7 Å². The molecule has 0 bridgehead atoms. The Morgan fingerprint density at radius 3 is 1.64 bits per heavy atom. The van der Waals surface area contributed by atoms with Gasteiger partial charge in [-0.05, 0) is 118 Å². The molecular formula is C81H128N14O16. The van der Waals surface area contributed by atoms with E-state index in [4.69, 9.17) is 10.5 Å².